The first kappa shape index (κ1) is 16.9. The molecule has 1 N–H and O–H groups in total. The van der Waals surface area contributed by atoms with Gasteiger partial charge in [-0.3, -0.25) is 4.79 Å². The van der Waals surface area contributed by atoms with Gasteiger partial charge in [-0.05, 0) is 92.5 Å². The van der Waals surface area contributed by atoms with Crippen molar-refractivity contribution in [3.63, 3.8) is 0 Å². The van der Waals surface area contributed by atoms with Crippen LogP contribution < -0.4 is 10.1 Å². The lowest BCUT2D eigenvalue weighted by molar-refractivity contribution is -0.0123. The zero-order valence-corrected chi connectivity index (χ0v) is 15.8. The number of nitrogens with one attached hydrogen (secondary N) is 1. The van der Waals surface area contributed by atoms with E-state index in [9.17, 15) is 4.79 Å². The molecular formula is C23H27NO3. The molecule has 0 radical (unpaired) electrons. The van der Waals surface area contributed by atoms with Crippen LogP contribution >= 0.6 is 0 Å². The molecule has 1 aromatic heterocycles. The molecule has 1 aromatic carbocycles. The van der Waals surface area contributed by atoms with E-state index >= 15 is 0 Å². The zero-order chi connectivity index (χ0) is 18.4. The normalized spacial score (nSPS) is 31.1. The Morgan fingerprint density at radius 2 is 1.81 bits per heavy atom. The van der Waals surface area contributed by atoms with Crippen LogP contribution in [0.4, 0.5) is 0 Å². The van der Waals surface area contributed by atoms with E-state index in [1.54, 1.807) is 6.07 Å². The van der Waals surface area contributed by atoms with Crippen LogP contribution in [0.5, 0.6) is 5.75 Å². The second-order valence-corrected chi connectivity index (χ2v) is 8.80. The van der Waals surface area contributed by atoms with E-state index in [-0.39, 0.29) is 5.91 Å². The van der Waals surface area contributed by atoms with Gasteiger partial charge in [0.05, 0.1) is 0 Å². The fourth-order valence-corrected chi connectivity index (χ4v) is 5.82. The topological polar surface area (TPSA) is 51.5 Å². The molecule has 4 bridgehead atoms. The highest BCUT2D eigenvalue weighted by Gasteiger charge is 2.48. The van der Waals surface area contributed by atoms with Gasteiger partial charge in [-0.2, -0.15) is 0 Å². The average molecular weight is 365 g/mol. The molecule has 4 aliphatic carbocycles. The molecule has 0 aliphatic heterocycles. The predicted molar refractivity (Wildman–Crippen MR) is 103 cm³/mol. The van der Waals surface area contributed by atoms with Crippen LogP contribution in [-0.2, 0) is 6.61 Å². The molecule has 4 heteroatoms. The number of carbonyl (C=O) groups excluding carboxylic acids is 1. The summed E-state index contributed by atoms with van der Waals surface area (Å²) < 4.78 is 11.5. The van der Waals surface area contributed by atoms with Gasteiger partial charge >= 0.3 is 0 Å². The van der Waals surface area contributed by atoms with E-state index in [0.717, 1.165) is 23.1 Å². The molecular weight excluding hydrogens is 338 g/mol. The third kappa shape index (κ3) is 3.38. The standard InChI is InChI=1S/C23H27NO3/c1-14-3-2-4-19(7-14)26-13-20-5-6-21(27-20)23(25)24-22-17-9-15-8-16(11-17)12-18(22)10-15/h2-7,15-18,22H,8-13H2,1H3,(H,24,25). The fourth-order valence-electron chi connectivity index (χ4n) is 5.82. The molecule has 27 heavy (non-hydrogen) atoms. The lowest BCUT2D eigenvalue weighted by Crippen LogP contribution is -2.55. The maximum Gasteiger partial charge on any atom is 0.287 e. The van der Waals surface area contributed by atoms with Crippen LogP contribution in [0, 0.1) is 30.6 Å². The molecule has 0 unspecified atom stereocenters. The fraction of sp³-hybridized carbons (Fsp3) is 0.522. The number of carbonyl (C=O) groups is 1. The van der Waals surface area contributed by atoms with E-state index < -0.39 is 0 Å². The van der Waals surface area contributed by atoms with Gasteiger partial charge in [0.15, 0.2) is 5.76 Å². The van der Waals surface area contributed by atoms with E-state index in [0.29, 0.717) is 36.0 Å². The Bertz CT molecular complexity index is 812. The highest BCUT2D eigenvalue weighted by molar-refractivity contribution is 5.91. The number of hydrogen-bond acceptors (Lipinski definition) is 3. The van der Waals surface area contributed by atoms with Crippen LogP contribution in [0.15, 0.2) is 40.8 Å². The van der Waals surface area contributed by atoms with Gasteiger partial charge in [-0.15, -0.1) is 0 Å². The van der Waals surface area contributed by atoms with Gasteiger partial charge < -0.3 is 14.5 Å². The van der Waals surface area contributed by atoms with Gasteiger partial charge in [0.25, 0.3) is 5.91 Å². The lowest BCUT2D eigenvalue weighted by atomic mass is 9.54. The van der Waals surface area contributed by atoms with E-state index in [1.807, 2.05) is 37.3 Å². The number of hydrogen-bond donors (Lipinski definition) is 1. The van der Waals surface area contributed by atoms with E-state index in [1.165, 1.54) is 32.1 Å². The summed E-state index contributed by atoms with van der Waals surface area (Å²) in [5.74, 6) is 4.97. The predicted octanol–water partition coefficient (Wildman–Crippen LogP) is 4.72. The van der Waals surface area contributed by atoms with Crippen molar-refractivity contribution in [3.05, 3.63) is 53.5 Å². The van der Waals surface area contributed by atoms with E-state index in [4.69, 9.17) is 9.15 Å². The summed E-state index contributed by atoms with van der Waals surface area (Å²) >= 11 is 0. The molecule has 0 atom stereocenters. The number of amides is 1. The lowest BCUT2D eigenvalue weighted by Gasteiger charge is -2.54. The Morgan fingerprint density at radius 1 is 1.07 bits per heavy atom. The van der Waals surface area contributed by atoms with Gasteiger partial charge in [-0.1, -0.05) is 12.1 Å². The van der Waals surface area contributed by atoms with Crippen molar-refractivity contribution in [1.29, 1.82) is 0 Å². The van der Waals surface area contributed by atoms with E-state index in [2.05, 4.69) is 5.32 Å². The van der Waals surface area contributed by atoms with Gasteiger partial charge in [0.1, 0.15) is 18.1 Å². The number of aryl methyl sites for hydroxylation is 1. The van der Waals surface area contributed by atoms with Crippen molar-refractivity contribution in [2.45, 2.75) is 51.7 Å². The molecule has 0 saturated heterocycles. The molecule has 4 nitrogen and oxygen atoms in total. The SMILES string of the molecule is Cc1cccc(OCc2ccc(C(=O)NC3C4CC5CC(C4)CC3C5)o2)c1. The highest BCUT2D eigenvalue weighted by Crippen LogP contribution is 2.53. The zero-order valence-electron chi connectivity index (χ0n) is 15.8. The number of rotatable bonds is 5. The van der Waals surface area contributed by atoms with Crippen molar-refractivity contribution >= 4 is 5.91 Å². The highest BCUT2D eigenvalue weighted by atomic mass is 16.5. The monoisotopic (exact) mass is 365 g/mol. The van der Waals surface area contributed by atoms with Crippen molar-refractivity contribution in [2.24, 2.45) is 23.7 Å². The number of ether oxygens (including phenoxy) is 1. The summed E-state index contributed by atoms with van der Waals surface area (Å²) in [4.78, 5) is 12.7. The Kier molecular flexibility index (Phi) is 4.22. The summed E-state index contributed by atoms with van der Waals surface area (Å²) in [5.41, 5.74) is 1.16. The second-order valence-electron chi connectivity index (χ2n) is 8.80. The third-order valence-electron chi connectivity index (χ3n) is 6.78. The first-order chi connectivity index (χ1) is 13.1. The number of furan rings is 1. The minimum absolute atomic E-state index is 0.0747. The summed E-state index contributed by atoms with van der Waals surface area (Å²) in [6, 6.07) is 11.9. The van der Waals surface area contributed by atoms with Crippen LogP contribution in [0.3, 0.4) is 0 Å². The Hall–Kier alpha value is -2.23. The van der Waals surface area contributed by atoms with Crippen molar-refractivity contribution in [1.82, 2.24) is 5.32 Å². The minimum atomic E-state index is -0.0747. The molecule has 1 heterocycles. The number of benzene rings is 1. The van der Waals surface area contributed by atoms with Crippen LogP contribution in [0.25, 0.3) is 0 Å². The molecule has 4 saturated carbocycles. The minimum Gasteiger partial charge on any atom is -0.486 e. The molecule has 2 aromatic rings. The molecule has 4 fully saturated rings. The maximum absolute atomic E-state index is 12.7. The first-order valence-electron chi connectivity index (χ1n) is 10.2. The first-order valence-corrected chi connectivity index (χ1v) is 10.2. The van der Waals surface area contributed by atoms with Gasteiger partial charge in [-0.25, -0.2) is 0 Å². The van der Waals surface area contributed by atoms with Gasteiger partial charge in [0, 0.05) is 6.04 Å². The average Bonchev–Trinajstić information content (AvgIpc) is 3.11. The van der Waals surface area contributed by atoms with Crippen LogP contribution in [-0.4, -0.2) is 11.9 Å². The summed E-state index contributed by atoms with van der Waals surface area (Å²) in [5, 5.41) is 3.30. The summed E-state index contributed by atoms with van der Waals surface area (Å²) in [6.45, 7) is 2.36. The summed E-state index contributed by atoms with van der Waals surface area (Å²) in [7, 11) is 0. The third-order valence-corrected chi connectivity index (χ3v) is 6.78. The largest absolute Gasteiger partial charge is 0.486 e. The van der Waals surface area contributed by atoms with Crippen molar-refractivity contribution in [2.75, 3.05) is 0 Å². The maximum atomic E-state index is 12.7. The molecule has 4 aliphatic rings. The Morgan fingerprint density at radius 3 is 2.52 bits per heavy atom. The second kappa shape index (κ2) is 6.74. The van der Waals surface area contributed by atoms with Crippen molar-refractivity contribution in [3.8, 4) is 5.75 Å². The Balaban J connectivity index is 1.20. The smallest absolute Gasteiger partial charge is 0.287 e. The van der Waals surface area contributed by atoms with Crippen LogP contribution in [0.2, 0.25) is 0 Å². The molecule has 6 rings (SSSR count). The quantitative estimate of drug-likeness (QED) is 0.834. The molecule has 0 spiro atoms. The van der Waals surface area contributed by atoms with Crippen LogP contribution in [0.1, 0.15) is 54.0 Å². The molecule has 1 amide bonds. The Labute approximate surface area is 160 Å². The molecule has 142 valence electrons. The summed E-state index contributed by atoms with van der Waals surface area (Å²) in [6.07, 6.45) is 6.62. The van der Waals surface area contributed by atoms with Crippen molar-refractivity contribution < 1.29 is 13.9 Å². The van der Waals surface area contributed by atoms with Gasteiger partial charge in [0.2, 0.25) is 0 Å².